The smallest absolute Gasteiger partial charge is 0.134 e. The van der Waals surface area contributed by atoms with Gasteiger partial charge in [-0.05, 0) is 35.2 Å². The van der Waals surface area contributed by atoms with Crippen LogP contribution in [0.4, 0.5) is 5.82 Å². The minimum absolute atomic E-state index is 0.141. The van der Waals surface area contributed by atoms with Crippen LogP contribution in [0, 0.1) is 0 Å². The monoisotopic (exact) mass is 313 g/mol. The first kappa shape index (κ1) is 15.4. The van der Waals surface area contributed by atoms with E-state index in [1.165, 1.54) is 0 Å². The Morgan fingerprint density at radius 2 is 1.72 bits per heavy atom. The average Bonchev–Trinajstić information content (AvgIpc) is 2.35. The molecule has 0 unspecified atom stereocenters. The maximum absolute atomic E-state index is 4.61. The van der Waals surface area contributed by atoms with E-state index in [1.54, 1.807) is 0 Å². The third kappa shape index (κ3) is 3.67. The Bertz CT molecular complexity index is 378. The first-order valence-electron chi connectivity index (χ1n) is 6.79. The van der Waals surface area contributed by atoms with Crippen LogP contribution in [-0.4, -0.2) is 15.5 Å². The van der Waals surface area contributed by atoms with E-state index in [9.17, 15) is 0 Å². The lowest BCUT2D eigenvalue weighted by molar-refractivity contribution is 0.418. The summed E-state index contributed by atoms with van der Waals surface area (Å²) in [5.74, 6) is 2.14. The van der Waals surface area contributed by atoms with Crippen molar-refractivity contribution in [1.29, 1.82) is 0 Å². The molecule has 4 heteroatoms. The van der Waals surface area contributed by atoms with Crippen LogP contribution < -0.4 is 5.32 Å². The van der Waals surface area contributed by atoms with Crippen molar-refractivity contribution in [3.63, 3.8) is 0 Å². The van der Waals surface area contributed by atoms with Gasteiger partial charge in [0, 0.05) is 17.5 Å². The van der Waals surface area contributed by atoms with Crippen molar-refractivity contribution < 1.29 is 0 Å². The van der Waals surface area contributed by atoms with Crippen LogP contribution in [0.1, 0.15) is 65.6 Å². The second kappa shape index (κ2) is 6.50. The maximum atomic E-state index is 4.61. The number of aromatic nitrogens is 2. The molecule has 1 N–H and O–H groups in total. The normalized spacial score (nSPS) is 11.9. The van der Waals surface area contributed by atoms with Gasteiger partial charge >= 0.3 is 0 Å². The molecular formula is C14H24BrN3. The highest BCUT2D eigenvalue weighted by atomic mass is 79.9. The summed E-state index contributed by atoms with van der Waals surface area (Å²) >= 11 is 3.46. The number of halogens is 1. The number of hydrogen-bond donors (Lipinski definition) is 1. The maximum Gasteiger partial charge on any atom is 0.134 e. The van der Waals surface area contributed by atoms with Gasteiger partial charge in [-0.1, -0.05) is 34.6 Å². The molecule has 1 aromatic heterocycles. The van der Waals surface area contributed by atoms with Crippen LogP contribution in [0.25, 0.3) is 0 Å². The first-order valence-corrected chi connectivity index (χ1v) is 7.58. The topological polar surface area (TPSA) is 37.8 Å². The molecule has 1 aromatic rings. The zero-order chi connectivity index (χ0) is 13.8. The lowest BCUT2D eigenvalue weighted by Crippen LogP contribution is -2.36. The molecule has 0 radical (unpaired) electrons. The zero-order valence-corrected chi connectivity index (χ0v) is 13.6. The van der Waals surface area contributed by atoms with Crippen molar-refractivity contribution in [2.75, 3.05) is 5.32 Å². The molecule has 0 saturated carbocycles. The van der Waals surface area contributed by atoms with Crippen LogP contribution in [0.2, 0.25) is 0 Å². The molecule has 0 fully saturated rings. The third-order valence-electron chi connectivity index (χ3n) is 3.65. The summed E-state index contributed by atoms with van der Waals surface area (Å²) in [4.78, 5) is 9.02. The number of nitrogens with one attached hydrogen (secondary N) is 1. The van der Waals surface area contributed by atoms with Gasteiger partial charge < -0.3 is 5.32 Å². The molecule has 0 spiro atoms. The number of hydrogen-bond acceptors (Lipinski definition) is 3. The molecule has 18 heavy (non-hydrogen) atoms. The summed E-state index contributed by atoms with van der Waals surface area (Å²) in [6.07, 6.45) is 3.29. The summed E-state index contributed by atoms with van der Waals surface area (Å²) in [5, 5.41) is 3.60. The lowest BCUT2D eigenvalue weighted by Gasteiger charge is -2.32. The van der Waals surface area contributed by atoms with Crippen molar-refractivity contribution in [2.45, 2.75) is 65.3 Å². The number of nitrogens with zero attached hydrogens (tertiary/aromatic N) is 2. The van der Waals surface area contributed by atoms with Gasteiger partial charge in [0.25, 0.3) is 0 Å². The van der Waals surface area contributed by atoms with E-state index in [1.807, 2.05) is 6.07 Å². The van der Waals surface area contributed by atoms with Crippen LogP contribution in [0.3, 0.4) is 0 Å². The second-order valence-electron chi connectivity index (χ2n) is 5.05. The predicted molar refractivity (Wildman–Crippen MR) is 81.0 cm³/mol. The molecule has 0 atom stereocenters. The zero-order valence-electron chi connectivity index (χ0n) is 12.0. The van der Waals surface area contributed by atoms with Crippen molar-refractivity contribution in [2.24, 2.45) is 0 Å². The van der Waals surface area contributed by atoms with E-state index >= 15 is 0 Å². The van der Waals surface area contributed by atoms with Gasteiger partial charge in [-0.3, -0.25) is 0 Å². The number of anilines is 1. The molecule has 0 aromatic carbocycles. The van der Waals surface area contributed by atoms with Crippen LogP contribution in [0.5, 0.6) is 0 Å². The van der Waals surface area contributed by atoms with Gasteiger partial charge in [-0.15, -0.1) is 0 Å². The van der Waals surface area contributed by atoms with Crippen molar-refractivity contribution in [1.82, 2.24) is 9.97 Å². The summed E-state index contributed by atoms with van der Waals surface area (Å²) in [6.45, 7) is 10.9. The molecule has 102 valence electrons. The molecule has 1 heterocycles. The van der Waals surface area contributed by atoms with E-state index in [2.05, 4.69) is 65.8 Å². The minimum Gasteiger partial charge on any atom is -0.365 e. The Morgan fingerprint density at radius 1 is 1.17 bits per heavy atom. The Balaban J connectivity index is 3.03. The lowest BCUT2D eigenvalue weighted by atomic mass is 9.90. The molecule has 1 rings (SSSR count). The van der Waals surface area contributed by atoms with E-state index < -0.39 is 0 Å². The fourth-order valence-corrected chi connectivity index (χ4v) is 2.44. The van der Waals surface area contributed by atoms with Gasteiger partial charge in [-0.2, -0.15) is 0 Å². The van der Waals surface area contributed by atoms with Gasteiger partial charge in [0.15, 0.2) is 0 Å². The van der Waals surface area contributed by atoms with Gasteiger partial charge in [-0.25, -0.2) is 9.97 Å². The number of rotatable bonds is 6. The Morgan fingerprint density at radius 3 is 2.17 bits per heavy atom. The van der Waals surface area contributed by atoms with Crippen molar-refractivity contribution in [3.8, 4) is 0 Å². The highest BCUT2D eigenvalue weighted by Gasteiger charge is 2.24. The van der Waals surface area contributed by atoms with Gasteiger partial charge in [0.2, 0.25) is 0 Å². The highest BCUT2D eigenvalue weighted by Crippen LogP contribution is 2.26. The summed E-state index contributed by atoms with van der Waals surface area (Å²) in [5.41, 5.74) is 0.141. The fraction of sp³-hybridized carbons (Fsp3) is 0.714. The third-order valence-corrected chi connectivity index (χ3v) is 4.06. The SMILES string of the molecule is CCC(CC)(CC)Nc1cc(Br)nc(C(C)C)n1. The molecular weight excluding hydrogens is 290 g/mol. The quantitative estimate of drug-likeness (QED) is 0.770. The first-order chi connectivity index (χ1) is 8.46. The Labute approximate surface area is 119 Å². The molecule has 0 aliphatic carbocycles. The summed E-state index contributed by atoms with van der Waals surface area (Å²) in [6, 6.07) is 1.96. The summed E-state index contributed by atoms with van der Waals surface area (Å²) in [7, 11) is 0. The fourth-order valence-electron chi connectivity index (χ4n) is 2.04. The van der Waals surface area contributed by atoms with Crippen LogP contribution >= 0.6 is 15.9 Å². The highest BCUT2D eigenvalue weighted by molar-refractivity contribution is 9.10. The van der Waals surface area contributed by atoms with Crippen molar-refractivity contribution >= 4 is 21.7 Å². The molecule has 0 amide bonds. The van der Waals surface area contributed by atoms with Crippen LogP contribution in [0.15, 0.2) is 10.7 Å². The van der Waals surface area contributed by atoms with Gasteiger partial charge in [0.05, 0.1) is 0 Å². The predicted octanol–water partition coefficient (Wildman–Crippen LogP) is 4.74. The molecule has 0 aliphatic heterocycles. The van der Waals surface area contributed by atoms with E-state index in [0.29, 0.717) is 5.92 Å². The average molecular weight is 314 g/mol. The van der Waals surface area contributed by atoms with E-state index in [4.69, 9.17) is 0 Å². The molecule has 3 nitrogen and oxygen atoms in total. The Hall–Kier alpha value is -0.640. The molecule has 0 bridgehead atoms. The molecule has 0 saturated heterocycles. The Kier molecular flexibility index (Phi) is 5.57. The van der Waals surface area contributed by atoms with E-state index in [0.717, 1.165) is 35.5 Å². The second-order valence-corrected chi connectivity index (χ2v) is 5.87. The van der Waals surface area contributed by atoms with Crippen molar-refractivity contribution in [3.05, 3.63) is 16.5 Å². The molecule has 0 aliphatic rings. The summed E-state index contributed by atoms with van der Waals surface area (Å²) < 4.78 is 0.848. The largest absolute Gasteiger partial charge is 0.365 e. The minimum atomic E-state index is 0.141. The van der Waals surface area contributed by atoms with Gasteiger partial charge in [0.1, 0.15) is 16.2 Å². The standard InChI is InChI=1S/C14H24BrN3/c1-6-14(7-2,8-3)18-12-9-11(15)16-13(17-12)10(4)5/h9-10H,6-8H2,1-5H3,(H,16,17,18). The van der Waals surface area contributed by atoms with Crippen LogP contribution in [-0.2, 0) is 0 Å². The van der Waals surface area contributed by atoms with E-state index in [-0.39, 0.29) is 5.54 Å².